The molecule has 2 aromatic carbocycles. The average Bonchev–Trinajstić information content (AvgIpc) is 3.43. The van der Waals surface area contributed by atoms with E-state index in [1.165, 1.54) is 29.8 Å². The van der Waals surface area contributed by atoms with Gasteiger partial charge in [-0.1, -0.05) is 0 Å². The van der Waals surface area contributed by atoms with Gasteiger partial charge in [0.15, 0.2) is 0 Å². The number of anilines is 1. The van der Waals surface area contributed by atoms with E-state index in [2.05, 4.69) is 25.7 Å². The van der Waals surface area contributed by atoms with Gasteiger partial charge in [0.1, 0.15) is 28.4 Å². The van der Waals surface area contributed by atoms with E-state index in [9.17, 15) is 14.0 Å². The van der Waals surface area contributed by atoms with Gasteiger partial charge < -0.3 is 10.6 Å². The summed E-state index contributed by atoms with van der Waals surface area (Å²) in [6.07, 6.45) is 3.01. The molecule has 4 aromatic rings. The van der Waals surface area contributed by atoms with E-state index in [1.54, 1.807) is 54.3 Å². The van der Waals surface area contributed by atoms with Gasteiger partial charge in [-0.05, 0) is 55.5 Å². The third-order valence-corrected chi connectivity index (χ3v) is 5.54. The normalized spacial score (nSPS) is 10.6. The molecule has 0 aliphatic carbocycles. The summed E-state index contributed by atoms with van der Waals surface area (Å²) in [7, 11) is 0. The molecule has 10 heteroatoms. The Morgan fingerprint density at radius 1 is 1.10 bits per heavy atom. The molecule has 0 radical (unpaired) electrons. The highest BCUT2D eigenvalue weighted by molar-refractivity contribution is 7.17. The molecule has 0 saturated heterocycles. The fourth-order valence-electron chi connectivity index (χ4n) is 2.81. The van der Waals surface area contributed by atoms with E-state index >= 15 is 0 Å². The number of rotatable bonds is 6. The van der Waals surface area contributed by atoms with Crippen LogP contribution in [-0.4, -0.2) is 38.1 Å². The van der Waals surface area contributed by atoms with E-state index in [1.807, 2.05) is 0 Å². The number of nitrogens with one attached hydrogen (secondary N) is 2. The van der Waals surface area contributed by atoms with Crippen molar-refractivity contribution in [3.8, 4) is 16.3 Å². The van der Waals surface area contributed by atoms with E-state index in [0.29, 0.717) is 21.3 Å². The highest BCUT2D eigenvalue weighted by atomic mass is 32.1. The molecule has 0 spiro atoms. The smallest absolute Gasteiger partial charge is 0.263 e. The first-order valence-corrected chi connectivity index (χ1v) is 10.1. The Morgan fingerprint density at radius 2 is 1.84 bits per heavy atom. The van der Waals surface area contributed by atoms with E-state index in [4.69, 9.17) is 0 Å². The summed E-state index contributed by atoms with van der Waals surface area (Å²) in [5, 5.41) is 9.98. The lowest BCUT2D eigenvalue weighted by molar-refractivity contribution is -0.115. The van der Waals surface area contributed by atoms with Crippen LogP contribution in [0.15, 0.2) is 61.2 Å². The van der Waals surface area contributed by atoms with Gasteiger partial charge in [-0.25, -0.2) is 19.0 Å². The van der Waals surface area contributed by atoms with Crippen LogP contribution in [-0.2, 0) is 4.79 Å². The maximum atomic E-state index is 13.1. The molecule has 8 nitrogen and oxygen atoms in total. The first-order chi connectivity index (χ1) is 15.0. The SMILES string of the molecule is Cc1nc(-c2ccc(F)cc2)sc1C(=O)NCC(=O)Nc1ccc(-n2cncn2)cc1. The summed E-state index contributed by atoms with van der Waals surface area (Å²) in [4.78, 5) is 33.4. The number of carbonyl (C=O) groups is 2. The Labute approximate surface area is 180 Å². The Balaban J connectivity index is 1.34. The van der Waals surface area contributed by atoms with Crippen molar-refractivity contribution < 1.29 is 14.0 Å². The third-order valence-electron chi connectivity index (χ3n) is 4.34. The van der Waals surface area contributed by atoms with Gasteiger partial charge in [0, 0.05) is 11.3 Å². The van der Waals surface area contributed by atoms with Crippen LogP contribution in [0.1, 0.15) is 15.4 Å². The maximum absolute atomic E-state index is 13.1. The second kappa shape index (κ2) is 8.84. The second-order valence-corrected chi connectivity index (χ2v) is 7.56. The number of benzene rings is 2. The first kappa shape index (κ1) is 20.4. The number of hydrogen-bond donors (Lipinski definition) is 2. The van der Waals surface area contributed by atoms with Crippen LogP contribution in [0.4, 0.5) is 10.1 Å². The summed E-state index contributed by atoms with van der Waals surface area (Å²) in [6, 6.07) is 13.0. The zero-order valence-corrected chi connectivity index (χ0v) is 17.2. The van der Waals surface area contributed by atoms with Crippen LogP contribution < -0.4 is 10.6 Å². The number of carbonyl (C=O) groups excluding carboxylic acids is 2. The van der Waals surface area contributed by atoms with Crippen LogP contribution in [0, 0.1) is 12.7 Å². The van der Waals surface area contributed by atoms with E-state index in [-0.39, 0.29) is 24.2 Å². The molecule has 0 fully saturated rings. The number of amides is 2. The maximum Gasteiger partial charge on any atom is 0.263 e. The number of halogens is 1. The molecular weight excluding hydrogens is 419 g/mol. The summed E-state index contributed by atoms with van der Waals surface area (Å²) in [5.74, 6) is -1.09. The number of nitrogens with zero attached hydrogens (tertiary/aromatic N) is 4. The molecule has 2 amide bonds. The topological polar surface area (TPSA) is 102 Å². The summed E-state index contributed by atoms with van der Waals surface area (Å²) < 4.78 is 14.7. The molecule has 0 saturated carbocycles. The average molecular weight is 436 g/mol. The molecule has 0 aliphatic rings. The van der Waals surface area contributed by atoms with Crippen molar-refractivity contribution in [3.63, 3.8) is 0 Å². The van der Waals surface area contributed by atoms with Gasteiger partial charge in [0.2, 0.25) is 5.91 Å². The third kappa shape index (κ3) is 4.81. The van der Waals surface area contributed by atoms with Gasteiger partial charge in [0.25, 0.3) is 5.91 Å². The van der Waals surface area contributed by atoms with Crippen LogP contribution in [0.25, 0.3) is 16.3 Å². The fraction of sp³-hybridized carbons (Fsp3) is 0.0952. The Morgan fingerprint density at radius 3 is 2.52 bits per heavy atom. The Bertz CT molecular complexity index is 1200. The lowest BCUT2D eigenvalue weighted by Gasteiger charge is -2.07. The fourth-order valence-corrected chi connectivity index (χ4v) is 3.80. The van der Waals surface area contributed by atoms with Gasteiger partial charge in [-0.3, -0.25) is 9.59 Å². The molecule has 0 atom stereocenters. The van der Waals surface area contributed by atoms with Crippen LogP contribution in [0.3, 0.4) is 0 Å². The molecule has 0 bridgehead atoms. The number of aromatic nitrogens is 4. The van der Waals surface area contributed by atoms with Crippen molar-refractivity contribution in [1.82, 2.24) is 25.1 Å². The Kier molecular flexibility index (Phi) is 5.80. The zero-order chi connectivity index (χ0) is 21.8. The number of thiazole rings is 1. The van der Waals surface area contributed by atoms with Crippen molar-refractivity contribution in [2.75, 3.05) is 11.9 Å². The van der Waals surface area contributed by atoms with Gasteiger partial charge in [0.05, 0.1) is 17.9 Å². The van der Waals surface area contributed by atoms with Crippen molar-refractivity contribution in [3.05, 3.63) is 77.6 Å². The predicted octanol–water partition coefficient (Wildman–Crippen LogP) is 3.21. The quantitative estimate of drug-likeness (QED) is 0.483. The molecule has 2 aromatic heterocycles. The number of aryl methyl sites for hydroxylation is 1. The van der Waals surface area contributed by atoms with Crippen LogP contribution in [0.5, 0.6) is 0 Å². The highest BCUT2D eigenvalue weighted by Crippen LogP contribution is 2.28. The predicted molar refractivity (Wildman–Crippen MR) is 115 cm³/mol. The largest absolute Gasteiger partial charge is 0.342 e. The van der Waals surface area contributed by atoms with Gasteiger partial charge >= 0.3 is 0 Å². The molecule has 31 heavy (non-hydrogen) atoms. The minimum Gasteiger partial charge on any atom is -0.342 e. The molecule has 2 heterocycles. The molecular formula is C21H17FN6O2S. The minimum atomic E-state index is -0.389. The Hall–Kier alpha value is -3.92. The lowest BCUT2D eigenvalue weighted by atomic mass is 10.2. The monoisotopic (exact) mass is 436 g/mol. The summed E-state index contributed by atoms with van der Waals surface area (Å²) >= 11 is 1.19. The second-order valence-electron chi connectivity index (χ2n) is 6.56. The van der Waals surface area contributed by atoms with Crippen LogP contribution in [0.2, 0.25) is 0 Å². The lowest BCUT2D eigenvalue weighted by Crippen LogP contribution is -2.32. The van der Waals surface area contributed by atoms with E-state index in [0.717, 1.165) is 11.3 Å². The van der Waals surface area contributed by atoms with Gasteiger partial charge in [-0.15, -0.1) is 11.3 Å². The summed E-state index contributed by atoms with van der Waals surface area (Å²) in [6.45, 7) is 1.53. The van der Waals surface area contributed by atoms with E-state index < -0.39 is 0 Å². The molecule has 156 valence electrons. The molecule has 2 N–H and O–H groups in total. The van der Waals surface area contributed by atoms with Crippen molar-refractivity contribution in [2.45, 2.75) is 6.92 Å². The van der Waals surface area contributed by atoms with Crippen molar-refractivity contribution in [1.29, 1.82) is 0 Å². The zero-order valence-electron chi connectivity index (χ0n) is 16.4. The molecule has 0 unspecified atom stereocenters. The molecule has 0 aliphatic heterocycles. The van der Waals surface area contributed by atoms with Crippen molar-refractivity contribution >= 4 is 28.8 Å². The molecule has 4 rings (SSSR count). The highest BCUT2D eigenvalue weighted by Gasteiger charge is 2.17. The van der Waals surface area contributed by atoms with Gasteiger partial charge in [-0.2, -0.15) is 5.10 Å². The standard InChI is InChI=1S/C21H17FN6O2S/c1-13-19(31-21(26-13)14-2-4-15(22)5-3-14)20(30)24-10-18(29)27-16-6-8-17(9-7-16)28-12-23-11-25-28/h2-9,11-12H,10H2,1H3,(H,24,30)(H,27,29). The van der Waals surface area contributed by atoms with Crippen LogP contribution >= 0.6 is 11.3 Å². The first-order valence-electron chi connectivity index (χ1n) is 9.26. The van der Waals surface area contributed by atoms with Crippen molar-refractivity contribution in [2.24, 2.45) is 0 Å². The minimum absolute atomic E-state index is 0.188. The summed E-state index contributed by atoms with van der Waals surface area (Å²) in [5.41, 5.74) is 2.67. The number of hydrogen-bond acceptors (Lipinski definition) is 6.